The Kier molecular flexibility index (Phi) is 2.66. The number of carbonyl (C=O) groups is 4. The molecule has 1 rings (SSSR count). The lowest BCUT2D eigenvalue weighted by atomic mass is 9.37. The highest BCUT2D eigenvalue weighted by atomic mass is 16.4. The average molecular weight is 260 g/mol. The molecule has 1 aliphatic carbocycles. The molecule has 2 unspecified atom stereocenters. The molecule has 100 valence electrons. The van der Waals surface area contributed by atoms with Gasteiger partial charge in [0.05, 0.1) is 10.8 Å². The fourth-order valence-electron chi connectivity index (χ4n) is 2.98. The summed E-state index contributed by atoms with van der Waals surface area (Å²) < 4.78 is 0. The lowest BCUT2D eigenvalue weighted by Crippen LogP contribution is -2.75. The molecule has 0 radical (unpaired) electrons. The van der Waals surface area contributed by atoms with Crippen molar-refractivity contribution in [2.24, 2.45) is 16.2 Å². The quantitative estimate of drug-likeness (QED) is 0.504. The van der Waals surface area contributed by atoms with Crippen molar-refractivity contribution in [2.45, 2.75) is 20.3 Å². The van der Waals surface area contributed by atoms with Crippen LogP contribution in [0, 0.1) is 16.2 Å². The van der Waals surface area contributed by atoms with Crippen LogP contribution in [0.15, 0.2) is 0 Å². The molecule has 0 aromatic carbocycles. The normalized spacial score (nSPS) is 33.2. The summed E-state index contributed by atoms with van der Waals surface area (Å²) in [5.41, 5.74) is -7.23. The summed E-state index contributed by atoms with van der Waals surface area (Å²) in [5.74, 6) is -7.22. The first-order chi connectivity index (χ1) is 7.98. The molecule has 0 aromatic rings. The fourth-order valence-corrected chi connectivity index (χ4v) is 2.98. The lowest BCUT2D eigenvalue weighted by molar-refractivity contribution is -0.239. The third-order valence-corrected chi connectivity index (χ3v) is 3.95. The van der Waals surface area contributed by atoms with E-state index in [0.29, 0.717) is 0 Å². The third kappa shape index (κ3) is 1.09. The van der Waals surface area contributed by atoms with E-state index in [0.717, 1.165) is 13.8 Å². The molecule has 0 aliphatic heterocycles. The maximum absolute atomic E-state index is 11.3. The SMILES string of the molecule is CC1(C(=O)O)CC(C)(C(=O)O)C1(C(=O)O)C(=O)O. The number of aliphatic carboxylic acids is 4. The van der Waals surface area contributed by atoms with Crippen molar-refractivity contribution < 1.29 is 39.6 Å². The molecule has 0 spiro atoms. The minimum atomic E-state index is -2.89. The molecule has 0 bridgehead atoms. The highest BCUT2D eigenvalue weighted by molar-refractivity contribution is 6.11. The zero-order valence-electron chi connectivity index (χ0n) is 9.63. The molecule has 4 N–H and O–H groups in total. The molecule has 18 heavy (non-hydrogen) atoms. The van der Waals surface area contributed by atoms with Crippen LogP contribution in [-0.4, -0.2) is 44.3 Å². The zero-order chi connectivity index (χ0) is 14.5. The Bertz CT molecular complexity index is 424. The summed E-state index contributed by atoms with van der Waals surface area (Å²) in [4.78, 5) is 44.8. The molecule has 2 atom stereocenters. The molecule has 8 heteroatoms. The van der Waals surface area contributed by atoms with E-state index in [1.807, 2.05) is 0 Å². The fraction of sp³-hybridized carbons (Fsp3) is 0.600. The van der Waals surface area contributed by atoms with Gasteiger partial charge in [-0.1, -0.05) is 0 Å². The largest absolute Gasteiger partial charge is 0.481 e. The maximum atomic E-state index is 11.3. The first-order valence-electron chi connectivity index (χ1n) is 4.92. The standard InChI is InChI=1S/C10H12O8/c1-8(4(11)12)3-9(2,5(13)14)10(8,6(15)16)7(17)18/h3H2,1-2H3,(H,11,12)(H,13,14)(H,15,16)(H,17,18). The first kappa shape index (κ1) is 13.9. The van der Waals surface area contributed by atoms with E-state index in [1.165, 1.54) is 0 Å². The van der Waals surface area contributed by atoms with Gasteiger partial charge in [0.1, 0.15) is 0 Å². The highest BCUT2D eigenvalue weighted by Crippen LogP contribution is 2.68. The van der Waals surface area contributed by atoms with Crippen molar-refractivity contribution in [3.05, 3.63) is 0 Å². The van der Waals surface area contributed by atoms with E-state index in [-0.39, 0.29) is 0 Å². The first-order valence-corrected chi connectivity index (χ1v) is 4.92. The number of carboxylic acids is 4. The number of hydrogen-bond donors (Lipinski definition) is 4. The van der Waals surface area contributed by atoms with Gasteiger partial charge in [0.15, 0.2) is 5.41 Å². The Balaban J connectivity index is 3.62. The Morgan fingerprint density at radius 2 is 1.00 bits per heavy atom. The van der Waals surface area contributed by atoms with Crippen LogP contribution in [0.3, 0.4) is 0 Å². The van der Waals surface area contributed by atoms with Gasteiger partial charge in [-0.25, -0.2) is 0 Å². The topological polar surface area (TPSA) is 149 Å². The van der Waals surface area contributed by atoms with Gasteiger partial charge in [0.25, 0.3) is 0 Å². The molecule has 1 aliphatic rings. The van der Waals surface area contributed by atoms with Gasteiger partial charge < -0.3 is 20.4 Å². The Morgan fingerprint density at radius 1 is 0.722 bits per heavy atom. The van der Waals surface area contributed by atoms with Crippen LogP contribution < -0.4 is 0 Å². The van der Waals surface area contributed by atoms with Crippen molar-refractivity contribution in [1.82, 2.24) is 0 Å². The van der Waals surface area contributed by atoms with E-state index in [4.69, 9.17) is 20.4 Å². The minimum Gasteiger partial charge on any atom is -0.481 e. The summed E-state index contributed by atoms with van der Waals surface area (Å²) >= 11 is 0. The van der Waals surface area contributed by atoms with Crippen LogP contribution in [0.4, 0.5) is 0 Å². The predicted octanol–water partition coefficient (Wildman–Crippen LogP) is -0.273. The molecule has 1 fully saturated rings. The molecule has 8 nitrogen and oxygen atoms in total. The van der Waals surface area contributed by atoms with E-state index in [9.17, 15) is 19.2 Å². The van der Waals surface area contributed by atoms with Gasteiger partial charge in [-0.05, 0) is 20.3 Å². The van der Waals surface area contributed by atoms with Crippen LogP contribution in [0.1, 0.15) is 20.3 Å². The van der Waals surface area contributed by atoms with Gasteiger partial charge in [0.2, 0.25) is 0 Å². The smallest absolute Gasteiger partial charge is 0.323 e. The van der Waals surface area contributed by atoms with E-state index < -0.39 is 46.5 Å². The van der Waals surface area contributed by atoms with Gasteiger partial charge in [-0.2, -0.15) is 0 Å². The van der Waals surface area contributed by atoms with Crippen LogP contribution >= 0.6 is 0 Å². The van der Waals surface area contributed by atoms with Crippen LogP contribution in [0.2, 0.25) is 0 Å². The molecule has 0 amide bonds. The van der Waals surface area contributed by atoms with Crippen LogP contribution in [-0.2, 0) is 19.2 Å². The van der Waals surface area contributed by atoms with E-state index in [1.54, 1.807) is 0 Å². The monoisotopic (exact) mass is 260 g/mol. The summed E-state index contributed by atoms with van der Waals surface area (Å²) in [6.07, 6.45) is -0.566. The number of carboxylic acid groups (broad SMARTS) is 4. The Hall–Kier alpha value is -2.12. The van der Waals surface area contributed by atoms with Crippen molar-refractivity contribution in [3.63, 3.8) is 0 Å². The van der Waals surface area contributed by atoms with E-state index >= 15 is 0 Å². The number of rotatable bonds is 4. The van der Waals surface area contributed by atoms with E-state index in [2.05, 4.69) is 0 Å². The van der Waals surface area contributed by atoms with Gasteiger partial charge in [0, 0.05) is 0 Å². The zero-order valence-corrected chi connectivity index (χ0v) is 9.63. The Morgan fingerprint density at radius 3 is 1.17 bits per heavy atom. The van der Waals surface area contributed by atoms with Gasteiger partial charge >= 0.3 is 23.9 Å². The summed E-state index contributed by atoms with van der Waals surface area (Å²) in [6, 6.07) is 0. The van der Waals surface area contributed by atoms with Crippen molar-refractivity contribution in [1.29, 1.82) is 0 Å². The van der Waals surface area contributed by atoms with Gasteiger partial charge in [-0.3, -0.25) is 19.2 Å². The lowest BCUT2D eigenvalue weighted by Gasteiger charge is -2.59. The summed E-state index contributed by atoms with van der Waals surface area (Å²) in [6.45, 7) is 1.87. The van der Waals surface area contributed by atoms with Gasteiger partial charge in [-0.15, -0.1) is 0 Å². The molecule has 0 saturated heterocycles. The molecule has 0 heterocycles. The second-order valence-corrected chi connectivity index (χ2v) is 4.81. The minimum absolute atomic E-state index is 0.566. The van der Waals surface area contributed by atoms with Crippen LogP contribution in [0.25, 0.3) is 0 Å². The highest BCUT2D eigenvalue weighted by Gasteiger charge is 2.84. The van der Waals surface area contributed by atoms with Crippen molar-refractivity contribution in [3.8, 4) is 0 Å². The van der Waals surface area contributed by atoms with Crippen molar-refractivity contribution in [2.75, 3.05) is 0 Å². The summed E-state index contributed by atoms with van der Waals surface area (Å²) in [5, 5.41) is 36.3. The van der Waals surface area contributed by atoms with Crippen molar-refractivity contribution >= 4 is 23.9 Å². The second-order valence-electron chi connectivity index (χ2n) is 4.81. The average Bonchev–Trinajstić information content (AvgIpc) is 2.14. The Labute approximate surface area is 101 Å². The number of hydrogen-bond acceptors (Lipinski definition) is 4. The predicted molar refractivity (Wildman–Crippen MR) is 53.8 cm³/mol. The molecular formula is C10H12O8. The third-order valence-electron chi connectivity index (χ3n) is 3.95. The second kappa shape index (κ2) is 3.44. The molecular weight excluding hydrogens is 248 g/mol. The molecule has 0 aromatic heterocycles. The maximum Gasteiger partial charge on any atom is 0.323 e. The summed E-state index contributed by atoms with van der Waals surface area (Å²) in [7, 11) is 0. The molecule has 1 saturated carbocycles. The van der Waals surface area contributed by atoms with Crippen LogP contribution in [0.5, 0.6) is 0 Å².